The molecule has 45 heavy (non-hydrogen) atoms. The van der Waals surface area contributed by atoms with Crippen LogP contribution in [0.3, 0.4) is 0 Å². The van der Waals surface area contributed by atoms with Crippen molar-refractivity contribution in [3.63, 3.8) is 0 Å². The van der Waals surface area contributed by atoms with Gasteiger partial charge in [0.15, 0.2) is 5.82 Å². The van der Waals surface area contributed by atoms with Gasteiger partial charge in [0.2, 0.25) is 0 Å². The standard InChI is InChI=1S/C30H31F2N9O3S/c31-30(32)12-26(30)40-16-20(13-35-40)1-4-21-14-34-28(11-25(21)37-23-5-2-19(18-42)3-6-23)38-27-9-10-33-29(39-27)22-15-36-41(17-22)45(43,44)24-7-8-24/h9-11,13-17,19,23-24,26,42H,2-3,5-8,12,18H2,(H2,33,34,37,38,39). The van der Waals surface area contributed by atoms with Crippen molar-refractivity contribution in [2.24, 2.45) is 5.92 Å². The summed E-state index contributed by atoms with van der Waals surface area (Å²) in [5.74, 6) is 4.96. The van der Waals surface area contributed by atoms with E-state index in [1.807, 2.05) is 6.07 Å². The van der Waals surface area contributed by atoms with Crippen molar-refractivity contribution in [1.29, 1.82) is 0 Å². The molecule has 7 rings (SSSR count). The number of aliphatic hydroxyl groups is 1. The highest BCUT2D eigenvalue weighted by atomic mass is 32.2. The first-order chi connectivity index (χ1) is 21.7. The second-order valence-electron chi connectivity index (χ2n) is 11.8. The average molecular weight is 636 g/mol. The van der Waals surface area contributed by atoms with E-state index in [9.17, 15) is 22.3 Å². The van der Waals surface area contributed by atoms with Crippen LogP contribution in [-0.2, 0) is 10.0 Å². The van der Waals surface area contributed by atoms with Crippen LogP contribution in [0.4, 0.5) is 26.1 Å². The van der Waals surface area contributed by atoms with Gasteiger partial charge in [0.1, 0.15) is 17.7 Å². The number of anilines is 3. The SMILES string of the molecule is O=S(=O)(C1CC1)n1cc(-c2nccc(Nc3cc(NC4CCC(CO)CC4)c(C#Cc4cnn(C5CC5(F)F)c4)cn3)n2)cn1. The van der Waals surface area contributed by atoms with E-state index in [0.29, 0.717) is 52.9 Å². The maximum atomic E-state index is 13.5. The first-order valence-electron chi connectivity index (χ1n) is 14.9. The molecule has 3 fully saturated rings. The summed E-state index contributed by atoms with van der Waals surface area (Å²) >= 11 is 0. The molecule has 3 saturated carbocycles. The predicted molar refractivity (Wildman–Crippen MR) is 161 cm³/mol. The van der Waals surface area contributed by atoms with Crippen LogP contribution in [0, 0.1) is 17.8 Å². The lowest BCUT2D eigenvalue weighted by Crippen LogP contribution is -2.27. The van der Waals surface area contributed by atoms with Gasteiger partial charge in [-0.25, -0.2) is 32.2 Å². The zero-order chi connectivity index (χ0) is 31.2. The third kappa shape index (κ3) is 6.38. The molecule has 4 heterocycles. The van der Waals surface area contributed by atoms with E-state index in [1.165, 1.54) is 29.5 Å². The predicted octanol–water partition coefficient (Wildman–Crippen LogP) is 3.96. The van der Waals surface area contributed by atoms with Gasteiger partial charge in [0.05, 0.1) is 46.2 Å². The number of aromatic nitrogens is 7. The Hall–Kier alpha value is -4.42. The zero-order valence-electron chi connectivity index (χ0n) is 24.1. The van der Waals surface area contributed by atoms with E-state index in [4.69, 9.17) is 0 Å². The fourth-order valence-corrected chi connectivity index (χ4v) is 6.90. The third-order valence-corrected chi connectivity index (χ3v) is 10.4. The van der Waals surface area contributed by atoms with E-state index in [-0.39, 0.29) is 24.3 Å². The van der Waals surface area contributed by atoms with Crippen molar-refractivity contribution >= 4 is 27.3 Å². The lowest BCUT2D eigenvalue weighted by molar-refractivity contribution is 0.0983. The molecule has 0 aliphatic heterocycles. The summed E-state index contributed by atoms with van der Waals surface area (Å²) < 4.78 is 54.3. The number of hydrogen-bond acceptors (Lipinski definition) is 10. The van der Waals surface area contributed by atoms with Gasteiger partial charge in [-0.05, 0) is 50.5 Å². The number of rotatable bonds is 9. The molecule has 4 aromatic rings. The van der Waals surface area contributed by atoms with Gasteiger partial charge in [-0.3, -0.25) is 4.68 Å². The van der Waals surface area contributed by atoms with Gasteiger partial charge in [-0.1, -0.05) is 11.8 Å². The van der Waals surface area contributed by atoms with Crippen LogP contribution in [-0.4, -0.2) is 71.3 Å². The second-order valence-corrected chi connectivity index (χ2v) is 13.9. The molecule has 1 atom stereocenters. The molecular weight excluding hydrogens is 604 g/mol. The minimum absolute atomic E-state index is 0.178. The van der Waals surface area contributed by atoms with Gasteiger partial charge >= 0.3 is 0 Å². The number of alkyl halides is 2. The van der Waals surface area contributed by atoms with Crippen LogP contribution in [0.2, 0.25) is 0 Å². The third-order valence-electron chi connectivity index (χ3n) is 8.36. The van der Waals surface area contributed by atoms with Gasteiger partial charge < -0.3 is 15.7 Å². The van der Waals surface area contributed by atoms with E-state index < -0.39 is 22.0 Å². The highest BCUT2D eigenvalue weighted by molar-refractivity contribution is 7.90. The minimum atomic E-state index is -3.51. The summed E-state index contributed by atoms with van der Waals surface area (Å²) in [5, 5.41) is 24.0. The Morgan fingerprint density at radius 3 is 2.53 bits per heavy atom. The first kappa shape index (κ1) is 29.3. The normalized spacial score (nSPS) is 22.3. The quantitative estimate of drug-likeness (QED) is 0.231. The molecule has 4 aromatic heterocycles. The molecule has 15 heteroatoms. The Morgan fingerprint density at radius 2 is 1.80 bits per heavy atom. The minimum Gasteiger partial charge on any atom is -0.396 e. The Bertz CT molecular complexity index is 1890. The molecule has 0 amide bonds. The largest absolute Gasteiger partial charge is 0.396 e. The Labute approximate surface area is 258 Å². The number of pyridine rings is 1. The Morgan fingerprint density at radius 1 is 1.00 bits per heavy atom. The topological polar surface area (TPSA) is 153 Å². The summed E-state index contributed by atoms with van der Waals surface area (Å²) in [6.07, 6.45) is 13.7. The van der Waals surface area contributed by atoms with Gasteiger partial charge in [-0.15, -0.1) is 0 Å². The molecule has 3 aliphatic rings. The first-order valence-corrected chi connectivity index (χ1v) is 16.4. The smallest absolute Gasteiger partial charge is 0.272 e. The monoisotopic (exact) mass is 635 g/mol. The van der Waals surface area contributed by atoms with Crippen molar-refractivity contribution in [2.75, 3.05) is 17.2 Å². The lowest BCUT2D eigenvalue weighted by atomic mass is 9.86. The number of nitrogens with zero attached hydrogens (tertiary/aromatic N) is 7. The van der Waals surface area contributed by atoms with Crippen LogP contribution in [0.25, 0.3) is 11.4 Å². The number of nitrogens with one attached hydrogen (secondary N) is 2. The van der Waals surface area contributed by atoms with Crippen molar-refractivity contribution in [1.82, 2.24) is 33.9 Å². The van der Waals surface area contributed by atoms with E-state index in [2.05, 4.69) is 47.6 Å². The van der Waals surface area contributed by atoms with Crippen LogP contribution >= 0.6 is 0 Å². The molecule has 0 bridgehead atoms. The van der Waals surface area contributed by atoms with Crippen molar-refractivity contribution in [3.05, 3.63) is 60.4 Å². The maximum absolute atomic E-state index is 13.5. The summed E-state index contributed by atoms with van der Waals surface area (Å²) in [5.41, 5.74) is 2.36. The molecule has 0 aromatic carbocycles. The summed E-state index contributed by atoms with van der Waals surface area (Å²) in [6.45, 7) is 0.186. The average Bonchev–Trinajstić information content (AvgIpc) is 3.86. The van der Waals surface area contributed by atoms with Crippen LogP contribution < -0.4 is 10.6 Å². The molecule has 0 saturated heterocycles. The fraction of sp³-hybridized carbons (Fsp3) is 0.433. The maximum Gasteiger partial charge on any atom is 0.272 e. The highest BCUT2D eigenvalue weighted by Gasteiger charge is 2.59. The zero-order valence-corrected chi connectivity index (χ0v) is 25.0. The van der Waals surface area contributed by atoms with Crippen LogP contribution in [0.5, 0.6) is 0 Å². The number of hydrogen-bond donors (Lipinski definition) is 3. The fourth-order valence-electron chi connectivity index (χ4n) is 5.43. The van der Waals surface area contributed by atoms with E-state index in [0.717, 1.165) is 35.5 Å². The van der Waals surface area contributed by atoms with Crippen molar-refractivity contribution in [2.45, 2.75) is 68.2 Å². The molecule has 234 valence electrons. The second kappa shape index (κ2) is 11.5. The molecule has 0 spiro atoms. The number of halogens is 2. The highest BCUT2D eigenvalue weighted by Crippen LogP contribution is 2.52. The summed E-state index contributed by atoms with van der Waals surface area (Å²) in [7, 11) is -3.51. The molecule has 3 N–H and O–H groups in total. The summed E-state index contributed by atoms with van der Waals surface area (Å²) in [6, 6.07) is 2.77. The molecule has 1 unspecified atom stereocenters. The summed E-state index contributed by atoms with van der Waals surface area (Å²) in [4.78, 5) is 13.4. The lowest BCUT2D eigenvalue weighted by Gasteiger charge is -2.29. The molecule has 12 nitrogen and oxygen atoms in total. The van der Waals surface area contributed by atoms with Gasteiger partial charge in [0, 0.05) is 43.7 Å². The Balaban J connectivity index is 1.12. The van der Waals surface area contributed by atoms with E-state index >= 15 is 0 Å². The van der Waals surface area contributed by atoms with Gasteiger partial charge in [0.25, 0.3) is 15.9 Å². The van der Waals surface area contributed by atoms with Crippen molar-refractivity contribution < 1.29 is 22.3 Å². The number of aliphatic hydroxyl groups excluding tert-OH is 1. The molecule has 0 radical (unpaired) electrons. The van der Waals surface area contributed by atoms with Gasteiger partial charge in [-0.2, -0.15) is 14.3 Å². The van der Waals surface area contributed by atoms with Crippen molar-refractivity contribution in [3.8, 4) is 23.2 Å². The molecular formula is C30H31F2N9O3S. The Kier molecular flexibility index (Phi) is 7.49. The van der Waals surface area contributed by atoms with Crippen LogP contribution in [0.1, 0.15) is 62.1 Å². The van der Waals surface area contributed by atoms with E-state index in [1.54, 1.807) is 18.5 Å². The molecule has 3 aliphatic carbocycles. The van der Waals surface area contributed by atoms with Crippen LogP contribution in [0.15, 0.2) is 49.3 Å².